The maximum atomic E-state index is 13.2. The molecule has 192 valence electrons. The fourth-order valence-electron chi connectivity index (χ4n) is 3.99. The molecular weight excluding hydrogens is 494 g/mol. The molecule has 4 amide bonds. The Hall–Kier alpha value is -4.04. The lowest BCUT2D eigenvalue weighted by Gasteiger charge is -2.26. The third kappa shape index (κ3) is 5.70. The largest absolute Gasteiger partial charge is 0.495 e. The first-order valence-corrected chi connectivity index (χ1v) is 12.3. The first-order valence-electron chi connectivity index (χ1n) is 11.9. The SMILES string of the molecule is CCC(C)c1ccc(OCCn2cccc2C=C2C(=O)NC(=O)N(c3ccc(OC)c(Cl)c3)C2=O)cc1. The van der Waals surface area contributed by atoms with Crippen LogP contribution in [0.2, 0.25) is 5.02 Å². The van der Waals surface area contributed by atoms with Crippen molar-refractivity contribution >= 4 is 41.2 Å². The van der Waals surface area contributed by atoms with Crippen LogP contribution in [-0.2, 0) is 16.1 Å². The number of carbonyl (C=O) groups is 3. The van der Waals surface area contributed by atoms with Gasteiger partial charge in [-0.05, 0) is 66.4 Å². The van der Waals surface area contributed by atoms with E-state index in [9.17, 15) is 14.4 Å². The molecule has 37 heavy (non-hydrogen) atoms. The summed E-state index contributed by atoms with van der Waals surface area (Å²) in [5, 5.41) is 2.45. The second-order valence-corrected chi connectivity index (χ2v) is 9.04. The van der Waals surface area contributed by atoms with E-state index in [1.165, 1.54) is 30.9 Å². The fraction of sp³-hybridized carbons (Fsp3) is 0.250. The summed E-state index contributed by atoms with van der Waals surface area (Å²) in [7, 11) is 1.46. The van der Waals surface area contributed by atoms with Gasteiger partial charge >= 0.3 is 6.03 Å². The average Bonchev–Trinajstić information content (AvgIpc) is 3.33. The highest BCUT2D eigenvalue weighted by molar-refractivity contribution is 6.39. The predicted molar refractivity (Wildman–Crippen MR) is 142 cm³/mol. The lowest BCUT2D eigenvalue weighted by atomic mass is 9.99. The zero-order valence-electron chi connectivity index (χ0n) is 20.9. The number of imide groups is 2. The number of benzene rings is 2. The molecule has 1 aliphatic rings. The number of amides is 4. The number of aromatic nitrogens is 1. The van der Waals surface area contributed by atoms with Crippen molar-refractivity contribution in [2.24, 2.45) is 0 Å². The van der Waals surface area contributed by atoms with Crippen LogP contribution >= 0.6 is 11.6 Å². The molecule has 1 N–H and O–H groups in total. The Morgan fingerprint density at radius 2 is 1.84 bits per heavy atom. The van der Waals surface area contributed by atoms with Crippen molar-refractivity contribution in [2.75, 3.05) is 18.6 Å². The first-order chi connectivity index (χ1) is 17.8. The van der Waals surface area contributed by atoms with Crippen LogP contribution in [0.5, 0.6) is 11.5 Å². The molecule has 1 saturated heterocycles. The number of anilines is 1. The molecule has 2 aromatic carbocycles. The molecule has 1 aliphatic heterocycles. The Labute approximate surface area is 220 Å². The van der Waals surface area contributed by atoms with Crippen LogP contribution in [0.1, 0.15) is 37.4 Å². The Kier molecular flexibility index (Phi) is 7.98. The van der Waals surface area contributed by atoms with E-state index in [-0.39, 0.29) is 16.3 Å². The van der Waals surface area contributed by atoms with Gasteiger partial charge in [-0.1, -0.05) is 37.6 Å². The smallest absolute Gasteiger partial charge is 0.335 e. The van der Waals surface area contributed by atoms with Crippen LogP contribution in [0.3, 0.4) is 0 Å². The number of nitrogens with zero attached hydrogens (tertiary/aromatic N) is 2. The van der Waals surface area contributed by atoms with Crippen LogP contribution in [0.25, 0.3) is 6.08 Å². The first kappa shape index (κ1) is 26.0. The molecule has 8 nitrogen and oxygen atoms in total. The standard InChI is InChI=1S/C28H28ClN3O5/c1-4-18(2)19-7-10-22(11-8-19)37-15-14-31-13-5-6-20(31)16-23-26(33)30-28(35)32(27(23)34)21-9-12-25(36-3)24(29)17-21/h5-13,16-18H,4,14-15H2,1-3H3,(H,30,33,35). The zero-order chi connectivity index (χ0) is 26.5. The van der Waals surface area contributed by atoms with Gasteiger partial charge in [0, 0.05) is 11.9 Å². The van der Waals surface area contributed by atoms with Crippen LogP contribution in [0, 0.1) is 0 Å². The number of barbiturate groups is 1. The van der Waals surface area contributed by atoms with Crippen LogP contribution in [0.15, 0.2) is 66.4 Å². The molecule has 0 aliphatic carbocycles. The molecule has 9 heteroatoms. The summed E-state index contributed by atoms with van der Waals surface area (Å²) in [4.78, 5) is 39.1. The Bertz CT molecular complexity index is 1350. The quantitative estimate of drug-likeness (QED) is 0.300. The monoisotopic (exact) mass is 521 g/mol. The van der Waals surface area contributed by atoms with Crippen LogP contribution < -0.4 is 19.7 Å². The van der Waals surface area contributed by atoms with E-state index in [1.54, 1.807) is 12.1 Å². The maximum Gasteiger partial charge on any atom is 0.335 e. The molecule has 3 aromatic rings. The summed E-state index contributed by atoms with van der Waals surface area (Å²) in [5.74, 6) is 0.149. The second kappa shape index (κ2) is 11.3. The van der Waals surface area contributed by atoms with E-state index in [0.29, 0.717) is 30.5 Å². The number of carbonyl (C=O) groups excluding carboxylic acids is 3. The van der Waals surface area contributed by atoms with Crippen molar-refractivity contribution in [3.8, 4) is 11.5 Å². The number of ether oxygens (including phenoxy) is 2. The zero-order valence-corrected chi connectivity index (χ0v) is 21.6. The van der Waals surface area contributed by atoms with Gasteiger partial charge in [-0.25, -0.2) is 9.69 Å². The van der Waals surface area contributed by atoms with Crippen LogP contribution in [-0.4, -0.2) is 36.1 Å². The number of hydrogen-bond acceptors (Lipinski definition) is 5. The van der Waals surface area contributed by atoms with Gasteiger partial charge in [0.25, 0.3) is 11.8 Å². The molecule has 4 rings (SSSR count). The molecule has 1 aromatic heterocycles. The highest BCUT2D eigenvalue weighted by Gasteiger charge is 2.37. The van der Waals surface area contributed by atoms with Gasteiger partial charge in [0.15, 0.2) is 0 Å². The number of nitrogens with one attached hydrogen (secondary N) is 1. The van der Waals surface area contributed by atoms with Crippen molar-refractivity contribution < 1.29 is 23.9 Å². The second-order valence-electron chi connectivity index (χ2n) is 8.63. The Balaban J connectivity index is 1.48. The predicted octanol–water partition coefficient (Wildman–Crippen LogP) is 5.41. The van der Waals surface area contributed by atoms with E-state index in [4.69, 9.17) is 21.1 Å². The highest BCUT2D eigenvalue weighted by atomic mass is 35.5. The number of methoxy groups -OCH3 is 1. The summed E-state index contributed by atoms with van der Waals surface area (Å²) in [5.41, 5.74) is 1.94. The van der Waals surface area contributed by atoms with Gasteiger partial charge in [-0.15, -0.1) is 0 Å². The third-order valence-corrected chi connectivity index (χ3v) is 6.61. The van der Waals surface area contributed by atoms with Crippen molar-refractivity contribution in [3.63, 3.8) is 0 Å². The minimum absolute atomic E-state index is 0.173. The summed E-state index contributed by atoms with van der Waals surface area (Å²) in [6.45, 7) is 5.23. The summed E-state index contributed by atoms with van der Waals surface area (Å²) in [6, 6.07) is 15.3. The van der Waals surface area contributed by atoms with Gasteiger partial charge in [-0.2, -0.15) is 0 Å². The maximum absolute atomic E-state index is 13.2. The van der Waals surface area contributed by atoms with Crippen molar-refractivity contribution in [1.82, 2.24) is 9.88 Å². The molecule has 1 atom stereocenters. The summed E-state index contributed by atoms with van der Waals surface area (Å²) < 4.78 is 12.9. The number of urea groups is 1. The Morgan fingerprint density at radius 1 is 1.08 bits per heavy atom. The van der Waals surface area contributed by atoms with Crippen molar-refractivity contribution in [3.05, 3.63) is 82.6 Å². The van der Waals surface area contributed by atoms with E-state index >= 15 is 0 Å². The minimum Gasteiger partial charge on any atom is -0.495 e. The normalized spacial score (nSPS) is 15.6. The highest BCUT2D eigenvalue weighted by Crippen LogP contribution is 2.31. The fourth-order valence-corrected chi connectivity index (χ4v) is 4.24. The topological polar surface area (TPSA) is 89.9 Å². The van der Waals surface area contributed by atoms with Gasteiger partial charge < -0.3 is 14.0 Å². The lowest BCUT2D eigenvalue weighted by Crippen LogP contribution is -2.54. The molecular formula is C28H28ClN3O5. The molecule has 0 saturated carbocycles. The number of halogens is 1. The van der Waals surface area contributed by atoms with E-state index in [1.807, 2.05) is 29.0 Å². The molecule has 2 heterocycles. The molecule has 0 bridgehead atoms. The van der Waals surface area contributed by atoms with E-state index < -0.39 is 17.8 Å². The Morgan fingerprint density at radius 3 is 2.51 bits per heavy atom. The number of hydrogen-bond donors (Lipinski definition) is 1. The summed E-state index contributed by atoms with van der Waals surface area (Å²) >= 11 is 6.17. The molecule has 1 unspecified atom stereocenters. The third-order valence-electron chi connectivity index (χ3n) is 6.31. The minimum atomic E-state index is -0.850. The summed E-state index contributed by atoms with van der Waals surface area (Å²) in [6.07, 6.45) is 4.37. The average molecular weight is 522 g/mol. The van der Waals surface area contributed by atoms with Gasteiger partial charge in [0.2, 0.25) is 0 Å². The van der Waals surface area contributed by atoms with Crippen molar-refractivity contribution in [2.45, 2.75) is 32.7 Å². The van der Waals surface area contributed by atoms with E-state index in [0.717, 1.165) is 17.1 Å². The van der Waals surface area contributed by atoms with Crippen molar-refractivity contribution in [1.29, 1.82) is 0 Å². The number of rotatable bonds is 9. The van der Waals surface area contributed by atoms with Gasteiger partial charge in [0.1, 0.15) is 23.7 Å². The lowest BCUT2D eigenvalue weighted by molar-refractivity contribution is -0.122. The molecule has 1 fully saturated rings. The molecule has 0 radical (unpaired) electrons. The van der Waals surface area contributed by atoms with E-state index in [2.05, 4.69) is 31.3 Å². The van der Waals surface area contributed by atoms with Gasteiger partial charge in [0.05, 0.1) is 24.4 Å². The molecule has 0 spiro atoms. The van der Waals surface area contributed by atoms with Crippen LogP contribution in [0.4, 0.5) is 10.5 Å². The van der Waals surface area contributed by atoms with Gasteiger partial charge in [-0.3, -0.25) is 14.9 Å².